The number of carboxylic acids is 1. The van der Waals surface area contributed by atoms with Gasteiger partial charge in [-0.3, -0.25) is 14.4 Å². The SMILES string of the molecule is CSCCC(NC(=O)C(N)Cc1ccc(O)cc1)C(=O)NC(Cc1ccccc1)C(=O)NC(CCCCN)C(=O)O. The highest BCUT2D eigenvalue weighted by atomic mass is 32.2. The average molecular weight is 588 g/mol. The second-order valence-electron chi connectivity index (χ2n) is 9.75. The number of rotatable bonds is 18. The predicted octanol–water partition coefficient (Wildman–Crippen LogP) is 0.926. The normalized spacial score (nSPS) is 13.8. The molecule has 2 aromatic carbocycles. The van der Waals surface area contributed by atoms with E-state index in [0.717, 1.165) is 11.1 Å². The first-order valence-electron chi connectivity index (χ1n) is 13.5. The van der Waals surface area contributed by atoms with Gasteiger partial charge in [-0.1, -0.05) is 42.5 Å². The number of nitrogens with two attached hydrogens (primary N) is 2. The Morgan fingerprint density at radius 3 is 1.98 bits per heavy atom. The summed E-state index contributed by atoms with van der Waals surface area (Å²) in [5.74, 6) is -2.26. The maximum Gasteiger partial charge on any atom is 0.326 e. The lowest BCUT2D eigenvalue weighted by Gasteiger charge is -2.25. The van der Waals surface area contributed by atoms with Crippen LogP contribution in [0.2, 0.25) is 0 Å². The summed E-state index contributed by atoms with van der Waals surface area (Å²) < 4.78 is 0. The average Bonchev–Trinajstić information content (AvgIpc) is 2.95. The lowest BCUT2D eigenvalue weighted by Crippen LogP contribution is -2.57. The van der Waals surface area contributed by atoms with Crippen molar-refractivity contribution < 1.29 is 29.4 Å². The number of phenols is 1. The second kappa shape index (κ2) is 17.9. The van der Waals surface area contributed by atoms with E-state index in [1.807, 2.05) is 12.3 Å². The van der Waals surface area contributed by atoms with Gasteiger partial charge in [-0.25, -0.2) is 4.79 Å². The molecule has 0 bridgehead atoms. The van der Waals surface area contributed by atoms with Gasteiger partial charge in [0.15, 0.2) is 0 Å². The Bertz CT molecular complexity index is 1120. The Morgan fingerprint density at radius 1 is 0.780 bits per heavy atom. The third-order valence-electron chi connectivity index (χ3n) is 6.45. The Labute approximate surface area is 244 Å². The van der Waals surface area contributed by atoms with Gasteiger partial charge < -0.3 is 37.6 Å². The van der Waals surface area contributed by atoms with Gasteiger partial charge in [-0.05, 0) is 73.9 Å². The van der Waals surface area contributed by atoms with Crippen molar-refractivity contribution in [2.24, 2.45) is 11.5 Å². The van der Waals surface area contributed by atoms with Crippen LogP contribution in [0.5, 0.6) is 5.75 Å². The summed E-state index contributed by atoms with van der Waals surface area (Å²) in [4.78, 5) is 51.4. The van der Waals surface area contributed by atoms with E-state index in [2.05, 4.69) is 16.0 Å². The maximum atomic E-state index is 13.4. The Kier molecular flexibility index (Phi) is 14.7. The molecule has 0 aromatic heterocycles. The van der Waals surface area contributed by atoms with Crippen LogP contribution in [0.15, 0.2) is 54.6 Å². The summed E-state index contributed by atoms with van der Waals surface area (Å²) in [5.41, 5.74) is 13.1. The fraction of sp³-hybridized carbons (Fsp3) is 0.448. The van der Waals surface area contributed by atoms with E-state index in [4.69, 9.17) is 11.5 Å². The first-order valence-corrected chi connectivity index (χ1v) is 14.9. The summed E-state index contributed by atoms with van der Waals surface area (Å²) in [5, 5.41) is 27.1. The van der Waals surface area contributed by atoms with Gasteiger partial charge >= 0.3 is 5.97 Å². The van der Waals surface area contributed by atoms with Gasteiger partial charge in [0, 0.05) is 6.42 Å². The van der Waals surface area contributed by atoms with Gasteiger partial charge in [0.25, 0.3) is 0 Å². The zero-order valence-corrected chi connectivity index (χ0v) is 24.1. The minimum Gasteiger partial charge on any atom is -0.508 e. The highest BCUT2D eigenvalue weighted by Gasteiger charge is 2.30. The van der Waals surface area contributed by atoms with Crippen molar-refractivity contribution in [2.75, 3.05) is 18.6 Å². The number of hydrogen-bond donors (Lipinski definition) is 7. The molecule has 0 fully saturated rings. The smallest absolute Gasteiger partial charge is 0.326 e. The van der Waals surface area contributed by atoms with Gasteiger partial charge in [0.2, 0.25) is 17.7 Å². The number of nitrogens with one attached hydrogen (secondary N) is 3. The van der Waals surface area contributed by atoms with Crippen LogP contribution in [0.4, 0.5) is 0 Å². The molecule has 0 aliphatic heterocycles. The molecule has 12 heteroatoms. The number of aliphatic carboxylic acids is 1. The molecule has 224 valence electrons. The molecule has 2 aromatic rings. The van der Waals surface area contributed by atoms with Crippen molar-refractivity contribution in [3.8, 4) is 5.75 Å². The predicted molar refractivity (Wildman–Crippen MR) is 159 cm³/mol. The minimum absolute atomic E-state index is 0.0971. The van der Waals surface area contributed by atoms with Crippen LogP contribution in [-0.4, -0.2) is 76.6 Å². The number of hydrogen-bond acceptors (Lipinski definition) is 8. The topological polar surface area (TPSA) is 197 Å². The molecule has 0 aliphatic carbocycles. The fourth-order valence-corrected chi connectivity index (χ4v) is 4.59. The van der Waals surface area contributed by atoms with Crippen molar-refractivity contribution in [1.29, 1.82) is 0 Å². The highest BCUT2D eigenvalue weighted by Crippen LogP contribution is 2.12. The van der Waals surface area contributed by atoms with E-state index < -0.39 is 47.9 Å². The van der Waals surface area contributed by atoms with Crippen molar-refractivity contribution in [3.05, 3.63) is 65.7 Å². The Hall–Kier alpha value is -3.61. The number of carboxylic acid groups (broad SMARTS) is 1. The van der Waals surface area contributed by atoms with E-state index in [1.165, 1.54) is 23.9 Å². The summed E-state index contributed by atoms with van der Waals surface area (Å²) in [6.07, 6.45) is 3.83. The van der Waals surface area contributed by atoms with E-state index in [0.29, 0.717) is 31.6 Å². The molecule has 11 nitrogen and oxygen atoms in total. The van der Waals surface area contributed by atoms with Crippen LogP contribution in [0.3, 0.4) is 0 Å². The maximum absolute atomic E-state index is 13.4. The number of amides is 3. The van der Waals surface area contributed by atoms with E-state index in [1.54, 1.807) is 36.4 Å². The van der Waals surface area contributed by atoms with Crippen LogP contribution in [0, 0.1) is 0 Å². The van der Waals surface area contributed by atoms with Crippen LogP contribution >= 0.6 is 11.8 Å². The van der Waals surface area contributed by atoms with Crippen LogP contribution in [-0.2, 0) is 32.0 Å². The highest BCUT2D eigenvalue weighted by molar-refractivity contribution is 7.98. The number of unbranched alkanes of at least 4 members (excludes halogenated alkanes) is 1. The van der Waals surface area contributed by atoms with Crippen molar-refractivity contribution in [2.45, 2.75) is 62.7 Å². The van der Waals surface area contributed by atoms with Gasteiger partial charge in [-0.2, -0.15) is 11.8 Å². The van der Waals surface area contributed by atoms with Gasteiger partial charge in [0.1, 0.15) is 23.9 Å². The lowest BCUT2D eigenvalue weighted by molar-refractivity contribution is -0.142. The molecule has 4 atom stereocenters. The van der Waals surface area contributed by atoms with Gasteiger partial charge in [0.05, 0.1) is 6.04 Å². The summed E-state index contributed by atoms with van der Waals surface area (Å²) >= 11 is 1.50. The number of carbonyl (C=O) groups is 4. The Morgan fingerprint density at radius 2 is 1.37 bits per heavy atom. The van der Waals surface area contributed by atoms with Crippen molar-refractivity contribution in [3.63, 3.8) is 0 Å². The molecule has 0 radical (unpaired) electrons. The quantitative estimate of drug-likeness (QED) is 0.124. The molecule has 9 N–H and O–H groups in total. The molecule has 3 amide bonds. The molecule has 0 saturated heterocycles. The second-order valence-corrected chi connectivity index (χ2v) is 10.7. The largest absolute Gasteiger partial charge is 0.508 e. The Balaban J connectivity index is 2.17. The number of phenolic OH excluding ortho intramolecular Hbond substituents is 1. The van der Waals surface area contributed by atoms with Crippen LogP contribution in [0.25, 0.3) is 0 Å². The molecular weight excluding hydrogens is 546 g/mol. The molecule has 0 spiro atoms. The number of benzene rings is 2. The lowest BCUT2D eigenvalue weighted by atomic mass is 10.0. The molecule has 4 unspecified atom stereocenters. The summed E-state index contributed by atoms with van der Waals surface area (Å²) in [7, 11) is 0. The zero-order valence-electron chi connectivity index (χ0n) is 23.3. The fourth-order valence-electron chi connectivity index (χ4n) is 4.12. The van der Waals surface area contributed by atoms with Crippen LogP contribution in [0.1, 0.15) is 36.8 Å². The third-order valence-corrected chi connectivity index (χ3v) is 7.09. The van der Waals surface area contributed by atoms with E-state index in [9.17, 15) is 29.4 Å². The van der Waals surface area contributed by atoms with Crippen LogP contribution < -0.4 is 27.4 Å². The van der Waals surface area contributed by atoms with Crippen molar-refractivity contribution >= 4 is 35.5 Å². The molecule has 0 heterocycles. The van der Waals surface area contributed by atoms with Crippen molar-refractivity contribution in [1.82, 2.24) is 16.0 Å². The number of carbonyl (C=O) groups excluding carboxylic acids is 3. The first kappa shape index (κ1) is 33.6. The minimum atomic E-state index is -1.17. The van der Waals surface area contributed by atoms with E-state index in [-0.39, 0.29) is 25.0 Å². The zero-order chi connectivity index (χ0) is 30.2. The summed E-state index contributed by atoms with van der Waals surface area (Å²) in [6.45, 7) is 0.411. The third kappa shape index (κ3) is 12.2. The standard InChI is InChI=1S/C29H41N5O6S/c1-41-16-14-23(32-26(36)22(31)17-20-10-12-21(35)13-11-20)27(37)34-25(18-19-7-3-2-4-8-19)28(38)33-24(29(39)40)9-5-6-15-30/h2-4,7-8,10-13,22-25,35H,5-6,9,14-18,30-31H2,1H3,(H,32,36)(H,33,38)(H,34,37)(H,39,40). The molecule has 41 heavy (non-hydrogen) atoms. The molecule has 0 aliphatic rings. The number of aromatic hydroxyl groups is 1. The molecule has 0 saturated carbocycles. The summed E-state index contributed by atoms with van der Waals surface area (Å²) in [6, 6.07) is 11.2. The van der Waals surface area contributed by atoms with E-state index >= 15 is 0 Å². The molecule has 2 rings (SSSR count). The first-order chi connectivity index (χ1) is 19.6. The van der Waals surface area contributed by atoms with Gasteiger partial charge in [-0.15, -0.1) is 0 Å². The monoisotopic (exact) mass is 587 g/mol. The number of thioether (sulfide) groups is 1. The molecular formula is C29H41N5O6S.